The van der Waals surface area contributed by atoms with Gasteiger partial charge >= 0.3 is 0 Å². The van der Waals surface area contributed by atoms with Crippen molar-refractivity contribution in [2.45, 2.75) is 19.4 Å². The van der Waals surface area contributed by atoms with Crippen LogP contribution in [0.1, 0.15) is 13.3 Å². The van der Waals surface area contributed by atoms with Crippen LogP contribution in [0.4, 0.5) is 5.69 Å². The summed E-state index contributed by atoms with van der Waals surface area (Å²) in [5, 5.41) is 12.2. The number of aromatic hydroxyl groups is 1. The summed E-state index contributed by atoms with van der Waals surface area (Å²) in [7, 11) is 0. The van der Waals surface area contributed by atoms with Gasteiger partial charge in [-0.3, -0.25) is 4.79 Å². The topological polar surface area (TPSA) is 58.6 Å². The maximum absolute atomic E-state index is 11.9. The summed E-state index contributed by atoms with van der Waals surface area (Å²) in [6.45, 7) is 2.60. The molecule has 4 nitrogen and oxygen atoms in total. The third kappa shape index (κ3) is 2.70. The van der Waals surface area contributed by atoms with E-state index in [0.29, 0.717) is 17.3 Å². The molecule has 17 heavy (non-hydrogen) atoms. The molecule has 1 fully saturated rings. The van der Waals surface area contributed by atoms with Gasteiger partial charge in [0.05, 0.1) is 10.7 Å². The first kappa shape index (κ1) is 12.2. The Hall–Kier alpha value is -1.26. The van der Waals surface area contributed by atoms with Crippen LogP contribution in [-0.2, 0) is 9.53 Å². The lowest BCUT2D eigenvalue weighted by atomic mass is 10.0. The van der Waals surface area contributed by atoms with Gasteiger partial charge in [0.1, 0.15) is 11.9 Å². The number of rotatable bonds is 2. The molecule has 0 aromatic heterocycles. The largest absolute Gasteiger partial charge is 0.508 e. The zero-order valence-corrected chi connectivity index (χ0v) is 10.2. The monoisotopic (exact) mass is 255 g/mol. The van der Waals surface area contributed by atoms with E-state index in [1.807, 2.05) is 6.92 Å². The summed E-state index contributed by atoms with van der Waals surface area (Å²) in [5.41, 5.74) is 0.483. The molecule has 1 aromatic carbocycles. The van der Waals surface area contributed by atoms with Gasteiger partial charge in [0.25, 0.3) is 5.91 Å². The first-order chi connectivity index (χ1) is 8.08. The number of halogens is 1. The number of anilines is 1. The molecule has 0 aliphatic carbocycles. The quantitative estimate of drug-likeness (QED) is 0.798. The van der Waals surface area contributed by atoms with Crippen LogP contribution < -0.4 is 5.32 Å². The summed E-state index contributed by atoms with van der Waals surface area (Å²) in [4.78, 5) is 11.9. The standard InChI is InChI=1S/C12H14ClNO3/c1-7-4-5-17-11(7)12(16)14-10-3-2-8(15)6-9(10)13/h2-3,6-7,11,15H,4-5H2,1H3,(H,14,16). The smallest absolute Gasteiger partial charge is 0.253 e. The van der Waals surface area contributed by atoms with Crippen molar-refractivity contribution in [1.82, 2.24) is 0 Å². The summed E-state index contributed by atoms with van der Waals surface area (Å²) in [5.74, 6) is 0.0898. The number of phenols is 1. The lowest BCUT2D eigenvalue weighted by Gasteiger charge is -2.15. The Kier molecular flexibility index (Phi) is 3.54. The molecule has 0 bridgehead atoms. The van der Waals surface area contributed by atoms with Crippen molar-refractivity contribution < 1.29 is 14.6 Å². The second-order valence-electron chi connectivity index (χ2n) is 4.21. The predicted molar refractivity (Wildman–Crippen MR) is 65.3 cm³/mol. The van der Waals surface area contributed by atoms with Crippen LogP contribution in [0.2, 0.25) is 5.02 Å². The molecule has 1 aliphatic heterocycles. The van der Waals surface area contributed by atoms with Gasteiger partial charge in [-0.15, -0.1) is 0 Å². The number of nitrogens with one attached hydrogen (secondary N) is 1. The van der Waals surface area contributed by atoms with E-state index in [0.717, 1.165) is 6.42 Å². The van der Waals surface area contributed by atoms with E-state index >= 15 is 0 Å². The molecule has 5 heteroatoms. The number of carbonyl (C=O) groups excluding carboxylic acids is 1. The van der Waals surface area contributed by atoms with Crippen LogP contribution >= 0.6 is 11.6 Å². The second-order valence-corrected chi connectivity index (χ2v) is 4.62. The number of ether oxygens (including phenoxy) is 1. The van der Waals surface area contributed by atoms with Gasteiger partial charge in [0.15, 0.2) is 0 Å². The van der Waals surface area contributed by atoms with Gasteiger partial charge in [-0.05, 0) is 24.5 Å². The summed E-state index contributed by atoms with van der Waals surface area (Å²) >= 11 is 5.90. The Balaban J connectivity index is 2.07. The highest BCUT2D eigenvalue weighted by molar-refractivity contribution is 6.33. The number of amides is 1. The maximum Gasteiger partial charge on any atom is 0.253 e. The molecule has 2 N–H and O–H groups in total. The van der Waals surface area contributed by atoms with Crippen LogP contribution in [0.15, 0.2) is 18.2 Å². The zero-order valence-electron chi connectivity index (χ0n) is 9.44. The third-order valence-electron chi connectivity index (χ3n) is 2.86. The second kappa shape index (κ2) is 4.94. The Morgan fingerprint density at radius 1 is 1.59 bits per heavy atom. The van der Waals surface area contributed by atoms with E-state index in [2.05, 4.69) is 5.32 Å². The first-order valence-corrected chi connectivity index (χ1v) is 5.86. The van der Waals surface area contributed by atoms with Crippen LogP contribution in [0.3, 0.4) is 0 Å². The van der Waals surface area contributed by atoms with Crippen molar-refractivity contribution in [3.8, 4) is 5.75 Å². The molecule has 0 saturated carbocycles. The van der Waals surface area contributed by atoms with Crippen LogP contribution in [-0.4, -0.2) is 23.7 Å². The van der Waals surface area contributed by atoms with E-state index in [9.17, 15) is 9.90 Å². The van der Waals surface area contributed by atoms with Crippen molar-refractivity contribution in [3.05, 3.63) is 23.2 Å². The Morgan fingerprint density at radius 2 is 2.35 bits per heavy atom. The molecule has 1 saturated heterocycles. The van der Waals surface area contributed by atoms with E-state index in [-0.39, 0.29) is 17.6 Å². The number of hydrogen-bond acceptors (Lipinski definition) is 3. The van der Waals surface area contributed by atoms with Crippen LogP contribution in [0.25, 0.3) is 0 Å². The lowest BCUT2D eigenvalue weighted by Crippen LogP contribution is -2.31. The van der Waals surface area contributed by atoms with Gasteiger partial charge in [-0.1, -0.05) is 18.5 Å². The number of carbonyl (C=O) groups is 1. The molecular formula is C12H14ClNO3. The fourth-order valence-electron chi connectivity index (χ4n) is 1.84. The molecule has 0 radical (unpaired) electrons. The fraction of sp³-hybridized carbons (Fsp3) is 0.417. The van der Waals surface area contributed by atoms with Crippen molar-refractivity contribution in [1.29, 1.82) is 0 Å². The predicted octanol–water partition coefficient (Wildman–Crippen LogP) is 2.41. The number of phenolic OH excluding ortho intramolecular Hbond substituents is 1. The van der Waals surface area contributed by atoms with Crippen molar-refractivity contribution >= 4 is 23.2 Å². The normalized spacial score (nSPS) is 23.6. The summed E-state index contributed by atoms with van der Waals surface area (Å²) in [6.07, 6.45) is 0.473. The fourth-order valence-corrected chi connectivity index (χ4v) is 2.06. The van der Waals surface area contributed by atoms with E-state index in [1.165, 1.54) is 12.1 Å². The Morgan fingerprint density at radius 3 is 2.94 bits per heavy atom. The highest BCUT2D eigenvalue weighted by Crippen LogP contribution is 2.27. The summed E-state index contributed by atoms with van der Waals surface area (Å²) < 4.78 is 5.36. The van der Waals surface area contributed by atoms with Gasteiger partial charge in [0.2, 0.25) is 0 Å². The van der Waals surface area contributed by atoms with E-state index in [4.69, 9.17) is 16.3 Å². The number of hydrogen-bond donors (Lipinski definition) is 2. The third-order valence-corrected chi connectivity index (χ3v) is 3.17. The molecular weight excluding hydrogens is 242 g/mol. The van der Waals surface area contributed by atoms with Crippen molar-refractivity contribution in [3.63, 3.8) is 0 Å². The SMILES string of the molecule is CC1CCOC1C(=O)Nc1ccc(O)cc1Cl. The zero-order chi connectivity index (χ0) is 12.4. The van der Waals surface area contributed by atoms with Gasteiger partial charge < -0.3 is 15.2 Å². The molecule has 2 atom stereocenters. The lowest BCUT2D eigenvalue weighted by molar-refractivity contribution is -0.126. The molecule has 2 unspecified atom stereocenters. The minimum absolute atomic E-state index is 0.0680. The summed E-state index contributed by atoms with van der Waals surface area (Å²) in [6, 6.07) is 4.42. The molecule has 1 aromatic rings. The van der Waals surface area contributed by atoms with Gasteiger partial charge in [-0.2, -0.15) is 0 Å². The number of benzene rings is 1. The molecule has 1 aliphatic rings. The Labute approximate surface area is 105 Å². The average Bonchev–Trinajstić information content (AvgIpc) is 2.68. The highest BCUT2D eigenvalue weighted by atomic mass is 35.5. The maximum atomic E-state index is 11.9. The van der Waals surface area contributed by atoms with E-state index < -0.39 is 6.10 Å². The molecule has 92 valence electrons. The van der Waals surface area contributed by atoms with Crippen molar-refractivity contribution in [2.24, 2.45) is 5.92 Å². The van der Waals surface area contributed by atoms with Crippen molar-refractivity contribution in [2.75, 3.05) is 11.9 Å². The molecule has 0 spiro atoms. The van der Waals surface area contributed by atoms with Crippen LogP contribution in [0.5, 0.6) is 5.75 Å². The molecule has 1 amide bonds. The van der Waals surface area contributed by atoms with Crippen LogP contribution in [0, 0.1) is 5.92 Å². The average molecular weight is 256 g/mol. The minimum Gasteiger partial charge on any atom is -0.508 e. The minimum atomic E-state index is -0.417. The van der Waals surface area contributed by atoms with Gasteiger partial charge in [-0.25, -0.2) is 0 Å². The molecule has 1 heterocycles. The molecule has 2 rings (SSSR count). The highest BCUT2D eigenvalue weighted by Gasteiger charge is 2.31. The first-order valence-electron chi connectivity index (χ1n) is 5.49. The van der Waals surface area contributed by atoms with Gasteiger partial charge in [0, 0.05) is 12.7 Å². The van der Waals surface area contributed by atoms with E-state index in [1.54, 1.807) is 6.07 Å². The Bertz CT molecular complexity index is 436.